The van der Waals surface area contributed by atoms with Gasteiger partial charge >= 0.3 is 0 Å². The summed E-state index contributed by atoms with van der Waals surface area (Å²) in [5.74, 6) is 2.22. The molecule has 0 radical (unpaired) electrons. The number of rotatable bonds is 4. The molecule has 1 N–H and O–H groups in total. The highest BCUT2D eigenvalue weighted by Gasteiger charge is 2.50. The van der Waals surface area contributed by atoms with Crippen LogP contribution in [-0.2, 0) is 13.0 Å². The van der Waals surface area contributed by atoms with E-state index in [1.54, 1.807) is 6.33 Å². The third-order valence-electron chi connectivity index (χ3n) is 4.54. The molecule has 2 aliphatic rings. The normalized spacial score (nSPS) is 35.6. The van der Waals surface area contributed by atoms with E-state index < -0.39 is 5.60 Å². The van der Waals surface area contributed by atoms with Crippen LogP contribution >= 0.6 is 0 Å². The Bertz CT molecular complexity index is 403. The lowest BCUT2D eigenvalue weighted by Gasteiger charge is -2.32. The fraction of sp³-hybridized carbons (Fsp3) is 0.846. The lowest BCUT2D eigenvalue weighted by molar-refractivity contribution is -0.0150. The molecule has 0 saturated heterocycles. The van der Waals surface area contributed by atoms with Crippen LogP contribution in [0.1, 0.15) is 44.9 Å². The van der Waals surface area contributed by atoms with Crippen LogP contribution in [0.25, 0.3) is 0 Å². The van der Waals surface area contributed by atoms with E-state index in [0.717, 1.165) is 31.1 Å². The first-order valence-electron chi connectivity index (χ1n) is 6.80. The maximum absolute atomic E-state index is 10.8. The van der Waals surface area contributed by atoms with Gasteiger partial charge in [-0.1, -0.05) is 6.92 Å². The van der Waals surface area contributed by atoms with Crippen LogP contribution in [0.3, 0.4) is 0 Å². The van der Waals surface area contributed by atoms with Crippen LogP contribution in [-0.4, -0.2) is 25.5 Å². The smallest absolute Gasteiger partial charge is 0.138 e. The Morgan fingerprint density at radius 1 is 1.53 bits per heavy atom. The summed E-state index contributed by atoms with van der Waals surface area (Å²) in [6.07, 6.45) is 8.06. The maximum atomic E-state index is 10.8. The predicted octanol–water partition coefficient (Wildman–Crippen LogP) is 1.78. The lowest BCUT2D eigenvalue weighted by Crippen LogP contribution is -2.38. The van der Waals surface area contributed by atoms with Crippen molar-refractivity contribution in [2.24, 2.45) is 11.8 Å². The SMILES string of the molecule is CCCn1ncnc1CC1(O)CC2CCC1C2. The molecule has 0 amide bonds. The molecule has 2 bridgehead atoms. The minimum atomic E-state index is -0.499. The van der Waals surface area contributed by atoms with Crippen molar-refractivity contribution in [1.82, 2.24) is 14.8 Å². The number of fused-ring (bicyclic) bond motifs is 2. The van der Waals surface area contributed by atoms with Crippen molar-refractivity contribution in [2.45, 2.75) is 57.6 Å². The highest BCUT2D eigenvalue weighted by molar-refractivity contribution is 5.06. The monoisotopic (exact) mass is 235 g/mol. The van der Waals surface area contributed by atoms with Crippen molar-refractivity contribution in [3.63, 3.8) is 0 Å². The summed E-state index contributed by atoms with van der Waals surface area (Å²) in [5, 5.41) is 15.0. The quantitative estimate of drug-likeness (QED) is 0.865. The molecule has 0 spiro atoms. The van der Waals surface area contributed by atoms with E-state index in [-0.39, 0.29) is 0 Å². The fourth-order valence-electron chi connectivity index (χ4n) is 3.73. The molecule has 1 aromatic rings. The Morgan fingerprint density at radius 2 is 2.41 bits per heavy atom. The Labute approximate surface area is 102 Å². The summed E-state index contributed by atoms with van der Waals surface area (Å²) in [5.41, 5.74) is -0.499. The molecule has 3 atom stereocenters. The molecule has 17 heavy (non-hydrogen) atoms. The van der Waals surface area contributed by atoms with Gasteiger partial charge in [-0.25, -0.2) is 4.98 Å². The highest BCUT2D eigenvalue weighted by atomic mass is 16.3. The van der Waals surface area contributed by atoms with E-state index in [2.05, 4.69) is 17.0 Å². The second-order valence-electron chi connectivity index (χ2n) is 5.76. The van der Waals surface area contributed by atoms with Gasteiger partial charge in [0.15, 0.2) is 0 Å². The van der Waals surface area contributed by atoms with Crippen LogP contribution in [0.4, 0.5) is 0 Å². The lowest BCUT2D eigenvalue weighted by atomic mass is 9.81. The summed E-state index contributed by atoms with van der Waals surface area (Å²) in [6.45, 7) is 3.04. The van der Waals surface area contributed by atoms with Gasteiger partial charge in [-0.15, -0.1) is 0 Å². The van der Waals surface area contributed by atoms with Crippen LogP contribution < -0.4 is 0 Å². The number of aliphatic hydroxyl groups is 1. The van der Waals surface area contributed by atoms with Crippen molar-refractivity contribution in [3.8, 4) is 0 Å². The first-order valence-corrected chi connectivity index (χ1v) is 6.80. The standard InChI is InChI=1S/C13H21N3O/c1-2-5-16-12(14-9-15-16)8-13(17)7-10-3-4-11(13)6-10/h9-11,17H,2-8H2,1H3. The van der Waals surface area contributed by atoms with Crippen LogP contribution in [0.5, 0.6) is 0 Å². The zero-order valence-electron chi connectivity index (χ0n) is 10.5. The van der Waals surface area contributed by atoms with E-state index in [4.69, 9.17) is 0 Å². The third kappa shape index (κ3) is 1.88. The Kier molecular flexibility index (Phi) is 2.69. The third-order valence-corrected chi connectivity index (χ3v) is 4.54. The molecule has 0 aromatic carbocycles. The number of aryl methyl sites for hydroxylation is 1. The number of hydrogen-bond donors (Lipinski definition) is 1. The van der Waals surface area contributed by atoms with Gasteiger partial charge < -0.3 is 5.11 Å². The van der Waals surface area contributed by atoms with Gasteiger partial charge in [-0.2, -0.15) is 5.10 Å². The molecular formula is C13H21N3O. The molecule has 2 aliphatic carbocycles. The van der Waals surface area contributed by atoms with Crippen molar-refractivity contribution in [2.75, 3.05) is 0 Å². The van der Waals surface area contributed by atoms with Gasteiger partial charge in [0.2, 0.25) is 0 Å². The van der Waals surface area contributed by atoms with E-state index in [1.807, 2.05) is 4.68 Å². The molecule has 4 heteroatoms. The second-order valence-corrected chi connectivity index (χ2v) is 5.76. The molecule has 94 valence electrons. The highest BCUT2D eigenvalue weighted by Crippen LogP contribution is 2.51. The molecule has 3 unspecified atom stereocenters. The molecule has 2 fully saturated rings. The molecule has 2 saturated carbocycles. The topological polar surface area (TPSA) is 50.9 Å². The Hall–Kier alpha value is -0.900. The van der Waals surface area contributed by atoms with E-state index in [1.165, 1.54) is 19.3 Å². The van der Waals surface area contributed by atoms with E-state index in [0.29, 0.717) is 12.3 Å². The number of aromatic nitrogens is 3. The fourth-order valence-corrected chi connectivity index (χ4v) is 3.73. The summed E-state index contributed by atoms with van der Waals surface area (Å²) in [7, 11) is 0. The van der Waals surface area contributed by atoms with Crippen LogP contribution in [0.15, 0.2) is 6.33 Å². The Morgan fingerprint density at radius 3 is 3.06 bits per heavy atom. The van der Waals surface area contributed by atoms with Gasteiger partial charge in [-0.3, -0.25) is 4.68 Å². The van der Waals surface area contributed by atoms with Gasteiger partial charge in [0.1, 0.15) is 12.2 Å². The van der Waals surface area contributed by atoms with E-state index >= 15 is 0 Å². The molecular weight excluding hydrogens is 214 g/mol. The van der Waals surface area contributed by atoms with Gasteiger partial charge in [-0.05, 0) is 43.9 Å². The molecule has 0 aliphatic heterocycles. The zero-order chi connectivity index (χ0) is 11.9. The molecule has 4 nitrogen and oxygen atoms in total. The van der Waals surface area contributed by atoms with Crippen LogP contribution in [0.2, 0.25) is 0 Å². The first kappa shape index (κ1) is 11.2. The average molecular weight is 235 g/mol. The van der Waals surface area contributed by atoms with Gasteiger partial charge in [0.25, 0.3) is 0 Å². The first-order chi connectivity index (χ1) is 8.21. The van der Waals surface area contributed by atoms with Crippen molar-refractivity contribution >= 4 is 0 Å². The number of hydrogen-bond acceptors (Lipinski definition) is 3. The average Bonchev–Trinajstić information content (AvgIpc) is 2.95. The second kappa shape index (κ2) is 4.09. The molecule has 1 heterocycles. The van der Waals surface area contributed by atoms with Crippen molar-refractivity contribution in [1.29, 1.82) is 0 Å². The summed E-state index contributed by atoms with van der Waals surface area (Å²) in [4.78, 5) is 4.32. The summed E-state index contributed by atoms with van der Waals surface area (Å²) in [6, 6.07) is 0. The minimum absolute atomic E-state index is 0.499. The number of nitrogens with zero attached hydrogens (tertiary/aromatic N) is 3. The Balaban J connectivity index is 1.76. The molecule has 1 aromatic heterocycles. The van der Waals surface area contributed by atoms with Gasteiger partial charge in [0, 0.05) is 13.0 Å². The van der Waals surface area contributed by atoms with Crippen LogP contribution in [0, 0.1) is 11.8 Å². The summed E-state index contributed by atoms with van der Waals surface area (Å²) >= 11 is 0. The van der Waals surface area contributed by atoms with Crippen molar-refractivity contribution in [3.05, 3.63) is 12.2 Å². The van der Waals surface area contributed by atoms with Crippen molar-refractivity contribution < 1.29 is 5.11 Å². The zero-order valence-corrected chi connectivity index (χ0v) is 10.5. The predicted molar refractivity (Wildman–Crippen MR) is 64.4 cm³/mol. The molecule has 3 rings (SSSR count). The van der Waals surface area contributed by atoms with E-state index in [9.17, 15) is 5.11 Å². The maximum Gasteiger partial charge on any atom is 0.138 e. The largest absolute Gasteiger partial charge is 0.389 e. The van der Waals surface area contributed by atoms with Gasteiger partial charge in [0.05, 0.1) is 5.60 Å². The summed E-state index contributed by atoms with van der Waals surface area (Å²) < 4.78 is 1.95. The minimum Gasteiger partial charge on any atom is -0.389 e.